The molecular weight excluding hydrogens is 633 g/mol. The molecule has 4 rings (SSSR count). The fourth-order valence-electron chi connectivity index (χ4n) is 4.82. The third-order valence-corrected chi connectivity index (χ3v) is 9.28. The zero-order valence-electron chi connectivity index (χ0n) is 25.0. The molecule has 0 saturated heterocycles. The van der Waals surface area contributed by atoms with Crippen LogP contribution in [0.4, 0.5) is 5.69 Å². The summed E-state index contributed by atoms with van der Waals surface area (Å²) in [6.45, 7) is 3.65. The molecule has 0 fully saturated rings. The average Bonchev–Trinajstić information content (AvgIpc) is 3.03. The number of anilines is 1. The number of sulfonamides is 1. The summed E-state index contributed by atoms with van der Waals surface area (Å²) in [7, 11) is -4.30. The molecule has 1 N–H and O–H groups in total. The lowest BCUT2D eigenvalue weighted by atomic mass is 10.0. The van der Waals surface area contributed by atoms with E-state index in [1.165, 1.54) is 29.2 Å². The first-order valence-electron chi connectivity index (χ1n) is 14.5. The number of nitrogens with zero attached hydrogens (tertiary/aromatic N) is 2. The Labute approximate surface area is 274 Å². The van der Waals surface area contributed by atoms with Crippen LogP contribution in [0.5, 0.6) is 5.75 Å². The van der Waals surface area contributed by atoms with Crippen molar-refractivity contribution in [1.29, 1.82) is 0 Å². The fourth-order valence-corrected chi connectivity index (χ4v) is 6.50. The summed E-state index contributed by atoms with van der Waals surface area (Å²) in [4.78, 5) is 29.5. The van der Waals surface area contributed by atoms with Crippen LogP contribution in [0.2, 0.25) is 10.0 Å². The minimum Gasteiger partial charge on any atom is -0.492 e. The molecule has 0 radical (unpaired) electrons. The van der Waals surface area contributed by atoms with Crippen molar-refractivity contribution < 1.29 is 22.7 Å². The summed E-state index contributed by atoms with van der Waals surface area (Å²) in [6, 6.07) is 27.7. The lowest BCUT2D eigenvalue weighted by molar-refractivity contribution is -0.140. The Bertz CT molecular complexity index is 1690. The summed E-state index contributed by atoms with van der Waals surface area (Å²) >= 11 is 12.2. The van der Waals surface area contributed by atoms with Crippen LogP contribution in [0.15, 0.2) is 108 Å². The van der Waals surface area contributed by atoms with Crippen molar-refractivity contribution in [3.8, 4) is 5.75 Å². The molecule has 11 heteroatoms. The van der Waals surface area contributed by atoms with Gasteiger partial charge in [0.1, 0.15) is 18.3 Å². The van der Waals surface area contributed by atoms with Crippen LogP contribution >= 0.6 is 23.2 Å². The first kappa shape index (κ1) is 33.8. The van der Waals surface area contributed by atoms with E-state index in [1.54, 1.807) is 62.4 Å². The van der Waals surface area contributed by atoms with Crippen LogP contribution in [0.25, 0.3) is 0 Å². The lowest BCUT2D eigenvalue weighted by Gasteiger charge is -2.34. The standard InChI is InChI=1S/C34H35Cl2N3O5S/c1-3-37-34(41)31(22-25-10-6-5-7-11-25)38(23-26-14-16-27(35)17-15-26)33(40)24-39(30-12-8-9-13-32(30)44-4-2)45(42,43)29-20-18-28(36)19-21-29/h5-21,31H,3-4,22-24H2,1-2H3,(H,37,41). The molecule has 45 heavy (non-hydrogen) atoms. The molecule has 2 amide bonds. The first-order valence-corrected chi connectivity index (χ1v) is 16.7. The molecular formula is C34H35Cl2N3O5S. The smallest absolute Gasteiger partial charge is 0.264 e. The van der Waals surface area contributed by atoms with E-state index in [4.69, 9.17) is 27.9 Å². The number of carbonyl (C=O) groups excluding carboxylic acids is 2. The van der Waals surface area contributed by atoms with Crippen molar-refractivity contribution in [3.63, 3.8) is 0 Å². The summed E-state index contributed by atoms with van der Waals surface area (Å²) in [6.07, 6.45) is 0.214. The fraction of sp³-hybridized carbons (Fsp3) is 0.235. The van der Waals surface area contributed by atoms with Crippen molar-refractivity contribution in [2.24, 2.45) is 0 Å². The third kappa shape index (κ3) is 8.78. The van der Waals surface area contributed by atoms with E-state index >= 15 is 0 Å². The van der Waals surface area contributed by atoms with Crippen molar-refractivity contribution in [2.75, 3.05) is 24.0 Å². The number of rotatable bonds is 14. The normalized spacial score (nSPS) is 11.8. The van der Waals surface area contributed by atoms with Gasteiger partial charge in [-0.15, -0.1) is 0 Å². The topological polar surface area (TPSA) is 96.0 Å². The Balaban J connectivity index is 1.82. The maximum Gasteiger partial charge on any atom is 0.264 e. The maximum absolute atomic E-state index is 14.5. The molecule has 0 aromatic heterocycles. The maximum atomic E-state index is 14.5. The van der Waals surface area contributed by atoms with Crippen molar-refractivity contribution in [2.45, 2.75) is 37.8 Å². The predicted molar refractivity (Wildman–Crippen MR) is 178 cm³/mol. The highest BCUT2D eigenvalue weighted by atomic mass is 35.5. The van der Waals surface area contributed by atoms with Crippen LogP contribution in [-0.2, 0) is 32.6 Å². The summed E-state index contributed by atoms with van der Waals surface area (Å²) in [5.41, 5.74) is 1.75. The highest BCUT2D eigenvalue weighted by Gasteiger charge is 2.35. The highest BCUT2D eigenvalue weighted by Crippen LogP contribution is 2.33. The summed E-state index contributed by atoms with van der Waals surface area (Å²) in [5.74, 6) is -0.648. The van der Waals surface area contributed by atoms with Gasteiger partial charge in [0.25, 0.3) is 10.0 Å². The Hall–Kier alpha value is -4.05. The molecule has 0 saturated carbocycles. The molecule has 8 nitrogen and oxygen atoms in total. The molecule has 4 aromatic carbocycles. The Morgan fingerprint density at radius 2 is 1.40 bits per heavy atom. The molecule has 4 aromatic rings. The molecule has 1 unspecified atom stereocenters. The number of benzene rings is 4. The van der Waals surface area contributed by atoms with Gasteiger partial charge in [-0.05, 0) is 73.5 Å². The zero-order valence-corrected chi connectivity index (χ0v) is 27.4. The molecule has 0 bridgehead atoms. The van der Waals surface area contributed by atoms with Gasteiger partial charge in [0.2, 0.25) is 11.8 Å². The van der Waals surface area contributed by atoms with Crippen molar-refractivity contribution in [3.05, 3.63) is 124 Å². The molecule has 0 aliphatic heterocycles. The zero-order chi connectivity index (χ0) is 32.4. The SMILES string of the molecule is CCNC(=O)C(Cc1ccccc1)N(Cc1ccc(Cl)cc1)C(=O)CN(c1ccccc1OCC)S(=O)(=O)c1ccc(Cl)cc1. The van der Waals surface area contributed by atoms with E-state index in [1.807, 2.05) is 30.3 Å². The number of likely N-dealkylation sites (N-methyl/N-ethyl adjacent to an activating group) is 1. The molecule has 0 heterocycles. The number of halogens is 2. The number of hydrogen-bond acceptors (Lipinski definition) is 5. The number of carbonyl (C=O) groups is 2. The average molecular weight is 669 g/mol. The minimum absolute atomic E-state index is 0.0343. The second-order valence-electron chi connectivity index (χ2n) is 10.1. The van der Waals surface area contributed by atoms with Gasteiger partial charge in [-0.2, -0.15) is 0 Å². The number of nitrogens with one attached hydrogen (secondary N) is 1. The lowest BCUT2D eigenvalue weighted by Crippen LogP contribution is -2.53. The molecule has 0 aliphatic rings. The first-order chi connectivity index (χ1) is 21.6. The Kier molecular flexibility index (Phi) is 11.9. The van der Waals surface area contributed by atoms with Gasteiger partial charge in [-0.3, -0.25) is 13.9 Å². The van der Waals surface area contributed by atoms with E-state index in [9.17, 15) is 18.0 Å². The van der Waals surface area contributed by atoms with Crippen LogP contribution < -0.4 is 14.4 Å². The molecule has 0 spiro atoms. The van der Waals surface area contributed by atoms with E-state index in [-0.39, 0.29) is 36.1 Å². The molecule has 0 aliphatic carbocycles. The highest BCUT2D eigenvalue weighted by molar-refractivity contribution is 7.92. The Morgan fingerprint density at radius 3 is 2.02 bits per heavy atom. The summed E-state index contributed by atoms with van der Waals surface area (Å²) < 4.78 is 35.2. The number of amides is 2. The quantitative estimate of drug-likeness (QED) is 0.169. The van der Waals surface area contributed by atoms with Gasteiger partial charge in [-0.1, -0.05) is 77.8 Å². The Morgan fingerprint density at radius 1 is 0.800 bits per heavy atom. The second kappa shape index (κ2) is 15.8. The summed E-state index contributed by atoms with van der Waals surface area (Å²) in [5, 5.41) is 3.74. The van der Waals surface area contributed by atoms with E-state index in [0.717, 1.165) is 15.4 Å². The van der Waals surface area contributed by atoms with Crippen molar-refractivity contribution >= 4 is 50.7 Å². The van der Waals surface area contributed by atoms with Gasteiger partial charge in [0.05, 0.1) is 17.2 Å². The number of para-hydroxylation sites is 2. The largest absolute Gasteiger partial charge is 0.492 e. The van der Waals surface area contributed by atoms with Crippen LogP contribution in [-0.4, -0.2) is 50.9 Å². The van der Waals surface area contributed by atoms with Gasteiger partial charge in [0.15, 0.2) is 0 Å². The minimum atomic E-state index is -4.30. The van der Waals surface area contributed by atoms with E-state index in [0.29, 0.717) is 22.3 Å². The van der Waals surface area contributed by atoms with E-state index in [2.05, 4.69) is 5.32 Å². The van der Waals surface area contributed by atoms with Gasteiger partial charge >= 0.3 is 0 Å². The van der Waals surface area contributed by atoms with Crippen LogP contribution in [0, 0.1) is 0 Å². The monoisotopic (exact) mass is 667 g/mol. The van der Waals surface area contributed by atoms with Gasteiger partial charge < -0.3 is 15.0 Å². The van der Waals surface area contributed by atoms with Crippen LogP contribution in [0.1, 0.15) is 25.0 Å². The number of hydrogen-bond donors (Lipinski definition) is 1. The van der Waals surface area contributed by atoms with Gasteiger partial charge in [-0.25, -0.2) is 8.42 Å². The molecule has 236 valence electrons. The predicted octanol–water partition coefficient (Wildman–Crippen LogP) is 6.36. The van der Waals surface area contributed by atoms with Crippen molar-refractivity contribution in [1.82, 2.24) is 10.2 Å². The third-order valence-electron chi connectivity index (χ3n) is 7.00. The van der Waals surface area contributed by atoms with Gasteiger partial charge in [0, 0.05) is 29.6 Å². The molecule has 1 atom stereocenters. The van der Waals surface area contributed by atoms with E-state index < -0.39 is 28.5 Å². The second-order valence-corrected chi connectivity index (χ2v) is 12.8. The van der Waals surface area contributed by atoms with Crippen LogP contribution in [0.3, 0.4) is 0 Å². The number of ether oxygens (including phenoxy) is 1.